The van der Waals surface area contributed by atoms with Crippen molar-refractivity contribution < 1.29 is 13.6 Å². The minimum atomic E-state index is -1.78. The number of ether oxygens (including phenoxy) is 2. The van der Waals surface area contributed by atoms with Gasteiger partial charge in [0.15, 0.2) is 16.6 Å². The molecule has 0 atom stereocenters. The highest BCUT2D eigenvalue weighted by Crippen LogP contribution is 2.24. The first-order valence-electron chi connectivity index (χ1n) is 8.69. The lowest BCUT2D eigenvalue weighted by Gasteiger charge is -2.34. The van der Waals surface area contributed by atoms with Crippen LogP contribution in [0.15, 0.2) is 48.5 Å². The second-order valence-electron chi connectivity index (χ2n) is 7.67. The first kappa shape index (κ1) is 19.8. The van der Waals surface area contributed by atoms with E-state index in [0.717, 1.165) is 23.6 Å². The maximum atomic E-state index is 6.76. The van der Waals surface area contributed by atoms with Gasteiger partial charge in [0, 0.05) is 0 Å². The molecule has 2 rings (SSSR count). The molecule has 0 saturated heterocycles. The number of rotatable bonds is 8. The van der Waals surface area contributed by atoms with Crippen LogP contribution in [-0.4, -0.2) is 30.9 Å². The first-order chi connectivity index (χ1) is 11.7. The molecule has 0 heterocycles. The Morgan fingerprint density at radius 1 is 0.600 bits per heavy atom. The molecule has 0 saturated carbocycles. The number of hydrogen-bond acceptors (Lipinski definition) is 3. The Morgan fingerprint density at radius 2 is 0.920 bits per heavy atom. The van der Waals surface area contributed by atoms with E-state index in [-0.39, 0.29) is 0 Å². The zero-order chi connectivity index (χ0) is 18.5. The van der Waals surface area contributed by atoms with E-state index in [1.165, 1.54) is 11.1 Å². The van der Waals surface area contributed by atoms with Crippen molar-refractivity contribution in [3.63, 3.8) is 0 Å². The third-order valence-corrected chi connectivity index (χ3v) is 11.1. The van der Waals surface area contributed by atoms with Crippen molar-refractivity contribution >= 4 is 16.6 Å². The molecule has 136 valence electrons. The normalized spacial score (nSPS) is 12.1. The molecular weight excluding hydrogens is 344 g/mol. The quantitative estimate of drug-likeness (QED) is 0.609. The number of hydrogen-bond donors (Lipinski definition) is 0. The Labute approximate surface area is 154 Å². The molecule has 25 heavy (non-hydrogen) atoms. The lowest BCUT2D eigenvalue weighted by molar-refractivity contribution is 0.414. The van der Waals surface area contributed by atoms with Crippen LogP contribution in [0.1, 0.15) is 11.1 Å². The molecule has 3 nitrogen and oxygen atoms in total. The molecule has 0 bridgehead atoms. The molecule has 0 N–H and O–H groups in total. The number of benzene rings is 2. The molecule has 2 aromatic rings. The monoisotopic (exact) mass is 374 g/mol. The summed E-state index contributed by atoms with van der Waals surface area (Å²) in [5, 5.41) is 0. The summed E-state index contributed by atoms with van der Waals surface area (Å²) < 4.78 is 17.2. The second kappa shape index (κ2) is 8.21. The molecule has 2 aromatic carbocycles. The van der Waals surface area contributed by atoms with Gasteiger partial charge in [0.05, 0.1) is 14.2 Å². The van der Waals surface area contributed by atoms with Crippen LogP contribution in [0.2, 0.25) is 26.2 Å². The highest BCUT2D eigenvalue weighted by Gasteiger charge is 2.33. The summed E-state index contributed by atoms with van der Waals surface area (Å²) in [6.07, 6.45) is 0. The van der Waals surface area contributed by atoms with Crippen LogP contribution in [0.25, 0.3) is 0 Å². The molecule has 0 radical (unpaired) electrons. The average Bonchev–Trinajstić information content (AvgIpc) is 2.54. The van der Waals surface area contributed by atoms with Gasteiger partial charge in [-0.2, -0.15) is 0 Å². The van der Waals surface area contributed by atoms with Gasteiger partial charge in [-0.1, -0.05) is 24.3 Å². The van der Waals surface area contributed by atoms with Crippen LogP contribution >= 0.6 is 0 Å². The van der Waals surface area contributed by atoms with Crippen LogP contribution in [0.3, 0.4) is 0 Å². The predicted octanol–water partition coefficient (Wildman–Crippen LogP) is 4.99. The van der Waals surface area contributed by atoms with Gasteiger partial charge in [-0.3, -0.25) is 0 Å². The van der Waals surface area contributed by atoms with E-state index in [9.17, 15) is 0 Å². The highest BCUT2D eigenvalue weighted by molar-refractivity contribution is 6.84. The summed E-state index contributed by atoms with van der Waals surface area (Å²) in [6, 6.07) is 18.7. The van der Waals surface area contributed by atoms with Crippen molar-refractivity contribution in [2.24, 2.45) is 0 Å². The molecule has 0 aromatic heterocycles. The van der Waals surface area contributed by atoms with Gasteiger partial charge in [0.1, 0.15) is 11.5 Å². The fourth-order valence-electron chi connectivity index (χ4n) is 3.29. The van der Waals surface area contributed by atoms with Crippen LogP contribution < -0.4 is 9.47 Å². The molecule has 0 spiro atoms. The highest BCUT2D eigenvalue weighted by atomic mass is 28.4. The lowest BCUT2D eigenvalue weighted by atomic mass is 10.2. The first-order valence-corrected chi connectivity index (χ1v) is 14.9. The minimum absolute atomic E-state index is 0.901. The van der Waals surface area contributed by atoms with Crippen molar-refractivity contribution in [2.45, 2.75) is 38.3 Å². The van der Waals surface area contributed by atoms with E-state index in [2.05, 4.69) is 50.5 Å². The smallest absolute Gasteiger partial charge is 0.177 e. The molecule has 0 aliphatic rings. The summed E-state index contributed by atoms with van der Waals surface area (Å²) in [4.78, 5) is 0. The third kappa shape index (κ3) is 6.34. The van der Waals surface area contributed by atoms with Gasteiger partial charge in [0.25, 0.3) is 0 Å². The fraction of sp³-hybridized carbons (Fsp3) is 0.400. The third-order valence-electron chi connectivity index (χ3n) is 4.13. The average molecular weight is 375 g/mol. The topological polar surface area (TPSA) is 27.7 Å². The van der Waals surface area contributed by atoms with E-state index in [1.807, 2.05) is 24.3 Å². The maximum absolute atomic E-state index is 6.76. The van der Waals surface area contributed by atoms with Crippen molar-refractivity contribution in [1.29, 1.82) is 0 Å². The summed E-state index contributed by atoms with van der Waals surface area (Å²) in [5.74, 6) is 1.80. The van der Waals surface area contributed by atoms with Crippen molar-refractivity contribution in [1.82, 2.24) is 0 Å². The number of methoxy groups -OCH3 is 2. The van der Waals surface area contributed by atoms with Gasteiger partial charge < -0.3 is 13.6 Å². The fourth-order valence-corrected chi connectivity index (χ4v) is 12.3. The van der Waals surface area contributed by atoms with Crippen molar-refractivity contribution in [2.75, 3.05) is 14.2 Å². The maximum Gasteiger partial charge on any atom is 0.177 e. The zero-order valence-corrected chi connectivity index (χ0v) is 18.3. The Hall–Kier alpha value is -1.57. The summed E-state index contributed by atoms with van der Waals surface area (Å²) in [5.41, 5.74) is 2.65. The molecule has 0 fully saturated rings. The predicted molar refractivity (Wildman–Crippen MR) is 109 cm³/mol. The molecular formula is C20H30O3Si2. The Balaban J connectivity index is 2.00. The summed E-state index contributed by atoms with van der Waals surface area (Å²) in [6.45, 7) is 9.28. The Bertz CT molecular complexity index is 605. The largest absolute Gasteiger partial charge is 0.497 e. The van der Waals surface area contributed by atoms with Gasteiger partial charge in [0.2, 0.25) is 0 Å². The van der Waals surface area contributed by atoms with Crippen LogP contribution in [0.4, 0.5) is 0 Å². The van der Waals surface area contributed by atoms with E-state index in [0.29, 0.717) is 0 Å². The summed E-state index contributed by atoms with van der Waals surface area (Å²) in [7, 11) is -0.168. The van der Waals surface area contributed by atoms with Crippen molar-refractivity contribution in [3.05, 3.63) is 59.7 Å². The van der Waals surface area contributed by atoms with Gasteiger partial charge in [-0.15, -0.1) is 0 Å². The second-order valence-corrected chi connectivity index (χ2v) is 16.2. The molecule has 0 amide bonds. The molecule has 0 aliphatic carbocycles. The minimum Gasteiger partial charge on any atom is -0.497 e. The van der Waals surface area contributed by atoms with E-state index >= 15 is 0 Å². The molecule has 0 aliphatic heterocycles. The Kier molecular flexibility index (Phi) is 6.49. The molecule has 0 unspecified atom stereocenters. The van der Waals surface area contributed by atoms with Gasteiger partial charge in [-0.05, 0) is 73.7 Å². The summed E-state index contributed by atoms with van der Waals surface area (Å²) >= 11 is 0. The molecule has 5 heteroatoms. The van der Waals surface area contributed by atoms with E-state index in [4.69, 9.17) is 13.6 Å². The Morgan fingerprint density at radius 3 is 1.20 bits per heavy atom. The van der Waals surface area contributed by atoms with E-state index < -0.39 is 16.6 Å². The van der Waals surface area contributed by atoms with Gasteiger partial charge in [-0.25, -0.2) is 0 Å². The zero-order valence-electron chi connectivity index (χ0n) is 16.3. The van der Waals surface area contributed by atoms with Crippen LogP contribution in [-0.2, 0) is 16.2 Å². The SMILES string of the molecule is COc1ccc(C[Si](C)(C)O[Si](C)(C)Cc2ccc(OC)cc2)cc1. The van der Waals surface area contributed by atoms with E-state index in [1.54, 1.807) is 14.2 Å². The van der Waals surface area contributed by atoms with Crippen LogP contribution in [0.5, 0.6) is 11.5 Å². The van der Waals surface area contributed by atoms with Crippen molar-refractivity contribution in [3.8, 4) is 11.5 Å². The lowest BCUT2D eigenvalue weighted by Crippen LogP contribution is -2.47. The standard InChI is InChI=1S/C20H30O3Si2/c1-21-19-11-7-17(8-12-19)15-24(3,4)23-25(5,6)16-18-9-13-20(22-2)14-10-18/h7-14H,15-16H2,1-6H3. The van der Waals surface area contributed by atoms with Crippen LogP contribution in [0, 0.1) is 0 Å². The van der Waals surface area contributed by atoms with Gasteiger partial charge >= 0.3 is 0 Å².